The molecule has 0 amide bonds. The number of thioether (sulfide) groups is 1. The van der Waals surface area contributed by atoms with Gasteiger partial charge < -0.3 is 9.40 Å². The lowest BCUT2D eigenvalue weighted by Crippen LogP contribution is -2.09. The fourth-order valence-corrected chi connectivity index (χ4v) is 2.47. The molecule has 0 spiro atoms. The molecule has 108 valence electrons. The van der Waals surface area contributed by atoms with Gasteiger partial charge in [-0.15, -0.1) is 0 Å². The van der Waals surface area contributed by atoms with Gasteiger partial charge in [0.2, 0.25) is 5.89 Å². The summed E-state index contributed by atoms with van der Waals surface area (Å²) < 4.78 is 5.62. The molecule has 2 rings (SSSR count). The minimum atomic E-state index is -0.110. The maximum atomic E-state index is 11.5. The number of aryl methyl sites for hydroxylation is 1. The predicted molar refractivity (Wildman–Crippen MR) is 79.0 cm³/mol. The largest absolute Gasteiger partial charge is 0.445 e. The molecule has 0 aliphatic heterocycles. The minimum absolute atomic E-state index is 0.110. The highest BCUT2D eigenvalue weighted by molar-refractivity contribution is 7.98. The van der Waals surface area contributed by atoms with Gasteiger partial charge in [0.1, 0.15) is 5.76 Å². The van der Waals surface area contributed by atoms with Crippen LogP contribution in [0.3, 0.4) is 0 Å². The Hall–Kier alpha value is -1.56. The second-order valence-electron chi connectivity index (χ2n) is 4.89. The average Bonchev–Trinajstić information content (AvgIpc) is 2.85. The van der Waals surface area contributed by atoms with Gasteiger partial charge in [-0.05, 0) is 6.42 Å². The molecule has 5 nitrogen and oxygen atoms in total. The lowest BCUT2D eigenvalue weighted by molar-refractivity contribution is 0.453. The Kier molecular flexibility index (Phi) is 5.00. The molecule has 20 heavy (non-hydrogen) atoms. The molecule has 2 aromatic rings. The summed E-state index contributed by atoms with van der Waals surface area (Å²) in [5.74, 6) is 2.42. The maximum absolute atomic E-state index is 11.5. The number of nitrogens with zero attached hydrogens (tertiary/aromatic N) is 2. The summed E-state index contributed by atoms with van der Waals surface area (Å²) in [7, 11) is 0. The van der Waals surface area contributed by atoms with E-state index in [9.17, 15) is 4.79 Å². The molecular weight excluding hydrogens is 274 g/mol. The lowest BCUT2D eigenvalue weighted by Gasteiger charge is -2.02. The van der Waals surface area contributed by atoms with Crippen LogP contribution in [0.15, 0.2) is 26.6 Å². The van der Waals surface area contributed by atoms with Crippen molar-refractivity contribution in [3.63, 3.8) is 0 Å². The van der Waals surface area contributed by atoms with Crippen LogP contribution in [0.4, 0.5) is 0 Å². The van der Waals surface area contributed by atoms with Crippen LogP contribution in [0.5, 0.6) is 0 Å². The summed E-state index contributed by atoms with van der Waals surface area (Å²) in [5, 5.41) is 0.616. The van der Waals surface area contributed by atoms with Crippen LogP contribution in [-0.2, 0) is 12.2 Å². The third-order valence-electron chi connectivity index (χ3n) is 2.75. The summed E-state index contributed by atoms with van der Waals surface area (Å²) in [6.07, 6.45) is 3.54. The van der Waals surface area contributed by atoms with Crippen molar-refractivity contribution >= 4 is 11.8 Å². The predicted octanol–water partition coefficient (Wildman–Crippen LogP) is 3.13. The first-order valence-corrected chi connectivity index (χ1v) is 7.74. The quantitative estimate of drug-likeness (QED) is 0.654. The monoisotopic (exact) mass is 293 g/mol. The first-order chi connectivity index (χ1) is 9.58. The molecular formula is C14H19N3O2S. The van der Waals surface area contributed by atoms with Crippen LogP contribution < -0.4 is 5.56 Å². The van der Waals surface area contributed by atoms with Crippen molar-refractivity contribution in [3.05, 3.63) is 40.0 Å². The summed E-state index contributed by atoms with van der Waals surface area (Å²) >= 11 is 1.43. The van der Waals surface area contributed by atoms with Crippen molar-refractivity contribution in [3.8, 4) is 0 Å². The number of rotatable bonds is 6. The SMILES string of the molecule is CCCc1cc(=O)[nH]c(SCc2ncc(C(C)C)o2)n1. The molecule has 0 saturated heterocycles. The smallest absolute Gasteiger partial charge is 0.251 e. The third kappa shape index (κ3) is 3.96. The van der Waals surface area contributed by atoms with E-state index in [1.165, 1.54) is 11.8 Å². The number of H-pyrrole nitrogens is 1. The standard InChI is InChI=1S/C14H19N3O2S/c1-4-5-10-6-12(18)17-14(16-10)20-8-13-15-7-11(19-13)9(2)3/h6-7,9H,4-5,8H2,1-3H3,(H,16,17,18). The topological polar surface area (TPSA) is 71.8 Å². The molecule has 0 aliphatic rings. The molecule has 2 aromatic heterocycles. The van der Waals surface area contributed by atoms with Crippen LogP contribution in [0.1, 0.15) is 50.5 Å². The van der Waals surface area contributed by atoms with Crippen LogP contribution in [0.25, 0.3) is 0 Å². The van der Waals surface area contributed by atoms with E-state index in [4.69, 9.17) is 4.42 Å². The zero-order valence-corrected chi connectivity index (χ0v) is 12.8. The van der Waals surface area contributed by atoms with Gasteiger partial charge in [0.15, 0.2) is 5.16 Å². The average molecular weight is 293 g/mol. The number of hydrogen-bond acceptors (Lipinski definition) is 5. The third-order valence-corrected chi connectivity index (χ3v) is 3.61. The Morgan fingerprint density at radius 3 is 2.90 bits per heavy atom. The van der Waals surface area contributed by atoms with E-state index in [0.29, 0.717) is 22.7 Å². The van der Waals surface area contributed by atoms with Gasteiger partial charge >= 0.3 is 0 Å². The molecule has 0 aliphatic carbocycles. The Bertz CT molecular complexity index is 619. The van der Waals surface area contributed by atoms with Crippen molar-refractivity contribution in [1.82, 2.24) is 15.0 Å². The van der Waals surface area contributed by atoms with Crippen molar-refractivity contribution in [2.24, 2.45) is 0 Å². The van der Waals surface area contributed by atoms with Crippen molar-refractivity contribution < 1.29 is 4.42 Å². The summed E-state index contributed by atoms with van der Waals surface area (Å²) in [4.78, 5) is 22.9. The summed E-state index contributed by atoms with van der Waals surface area (Å²) in [5.41, 5.74) is 0.718. The Morgan fingerprint density at radius 1 is 1.45 bits per heavy atom. The molecule has 0 saturated carbocycles. The Labute approximate surface area is 122 Å². The number of aromatic nitrogens is 3. The molecule has 1 N–H and O–H groups in total. The number of aromatic amines is 1. The first kappa shape index (κ1) is 14.8. The first-order valence-electron chi connectivity index (χ1n) is 6.76. The van der Waals surface area contributed by atoms with Crippen molar-refractivity contribution in [2.45, 2.75) is 50.4 Å². The zero-order valence-electron chi connectivity index (χ0n) is 12.0. The van der Waals surface area contributed by atoms with E-state index < -0.39 is 0 Å². The van der Waals surface area contributed by atoms with E-state index in [1.807, 2.05) is 0 Å². The minimum Gasteiger partial charge on any atom is -0.445 e. The molecule has 0 aromatic carbocycles. The van der Waals surface area contributed by atoms with Crippen LogP contribution in [-0.4, -0.2) is 15.0 Å². The highest BCUT2D eigenvalue weighted by Crippen LogP contribution is 2.21. The molecule has 0 atom stereocenters. The van der Waals surface area contributed by atoms with E-state index >= 15 is 0 Å². The number of oxazole rings is 1. The van der Waals surface area contributed by atoms with Crippen LogP contribution >= 0.6 is 11.8 Å². The van der Waals surface area contributed by atoms with Gasteiger partial charge in [-0.3, -0.25) is 4.79 Å². The zero-order chi connectivity index (χ0) is 14.5. The van der Waals surface area contributed by atoms with Gasteiger partial charge in [0.25, 0.3) is 5.56 Å². The summed E-state index contributed by atoms with van der Waals surface area (Å²) in [6, 6.07) is 1.55. The molecule has 0 radical (unpaired) electrons. The Balaban J connectivity index is 2.04. The van der Waals surface area contributed by atoms with Crippen LogP contribution in [0, 0.1) is 0 Å². The molecule has 2 heterocycles. The second kappa shape index (κ2) is 6.74. The van der Waals surface area contributed by atoms with Gasteiger partial charge in [-0.1, -0.05) is 39.0 Å². The summed E-state index contributed by atoms with van der Waals surface area (Å²) in [6.45, 7) is 6.19. The highest BCUT2D eigenvalue weighted by atomic mass is 32.2. The van der Waals surface area contributed by atoms with Gasteiger partial charge in [-0.25, -0.2) is 9.97 Å². The van der Waals surface area contributed by atoms with Crippen molar-refractivity contribution in [1.29, 1.82) is 0 Å². The lowest BCUT2D eigenvalue weighted by atomic mass is 10.2. The normalized spacial score (nSPS) is 11.2. The van der Waals surface area contributed by atoms with Gasteiger partial charge in [0.05, 0.1) is 11.9 Å². The number of nitrogens with one attached hydrogen (secondary N) is 1. The van der Waals surface area contributed by atoms with Crippen LogP contribution in [0.2, 0.25) is 0 Å². The molecule has 6 heteroatoms. The Morgan fingerprint density at radius 2 is 2.25 bits per heavy atom. The van der Waals surface area contributed by atoms with Crippen molar-refractivity contribution in [2.75, 3.05) is 0 Å². The second-order valence-corrected chi connectivity index (χ2v) is 5.86. The maximum Gasteiger partial charge on any atom is 0.251 e. The fourth-order valence-electron chi connectivity index (χ4n) is 1.72. The van der Waals surface area contributed by atoms with E-state index in [2.05, 4.69) is 35.7 Å². The highest BCUT2D eigenvalue weighted by Gasteiger charge is 2.09. The fraction of sp³-hybridized carbons (Fsp3) is 0.500. The van der Waals surface area contributed by atoms with E-state index in [1.54, 1.807) is 12.3 Å². The van der Waals surface area contributed by atoms with Gasteiger partial charge in [0, 0.05) is 17.7 Å². The van der Waals surface area contributed by atoms with Gasteiger partial charge in [-0.2, -0.15) is 0 Å². The van der Waals surface area contributed by atoms with E-state index in [0.717, 1.165) is 24.3 Å². The molecule has 0 bridgehead atoms. The molecule has 0 unspecified atom stereocenters. The molecule has 0 fully saturated rings. The number of hydrogen-bond donors (Lipinski definition) is 1. The van der Waals surface area contributed by atoms with E-state index in [-0.39, 0.29) is 5.56 Å².